The molecule has 6 fully saturated rings. The third kappa shape index (κ3) is 10.8. The van der Waals surface area contributed by atoms with Crippen molar-refractivity contribution in [2.24, 2.45) is 0 Å². The summed E-state index contributed by atoms with van der Waals surface area (Å²) in [7, 11) is 0. The predicted octanol–water partition coefficient (Wildman–Crippen LogP) is -13.1. The molecule has 30 atom stereocenters. The molecule has 6 rings (SSSR count). The lowest BCUT2D eigenvalue weighted by molar-refractivity contribution is -0.410. The second-order valence-electron chi connectivity index (χ2n) is 16.7. The van der Waals surface area contributed by atoms with Crippen LogP contribution in [0.1, 0.15) is 6.92 Å². The maximum atomic E-state index is 11.7. The summed E-state index contributed by atoms with van der Waals surface area (Å²) in [5, 5.41) is 202. The zero-order valence-electron chi connectivity index (χ0n) is 34.8. The second-order valence-corrected chi connectivity index (χ2v) is 16.7. The molecule has 0 aromatic rings. The lowest BCUT2D eigenvalue weighted by Gasteiger charge is -2.51. The Kier molecular flexibility index (Phi) is 18.8. The van der Waals surface area contributed by atoms with Gasteiger partial charge in [-0.15, -0.1) is 0 Å². The van der Waals surface area contributed by atoms with Crippen molar-refractivity contribution in [2.45, 2.75) is 191 Å². The van der Waals surface area contributed by atoms with E-state index in [4.69, 9.17) is 52.1 Å². The zero-order valence-corrected chi connectivity index (χ0v) is 34.8. The highest BCUT2D eigenvalue weighted by molar-refractivity contribution is 5.00. The quantitative estimate of drug-likeness (QED) is 0.0724. The summed E-state index contributed by atoms with van der Waals surface area (Å²) in [4.78, 5) is 0. The van der Waals surface area contributed by atoms with E-state index in [1.165, 1.54) is 6.92 Å². The molecule has 6 heterocycles. The molecular weight excluding hydrogens is 912 g/mol. The van der Waals surface area contributed by atoms with E-state index < -0.39 is 217 Å². The van der Waals surface area contributed by atoms with Gasteiger partial charge in [-0.05, 0) is 6.92 Å². The maximum Gasteiger partial charge on any atom is 0.187 e. The van der Waals surface area contributed by atoms with Gasteiger partial charge in [-0.1, -0.05) is 0 Å². The summed E-state index contributed by atoms with van der Waals surface area (Å²) in [5.74, 6) is 0. The van der Waals surface area contributed by atoms with Crippen LogP contribution >= 0.6 is 0 Å². The second kappa shape index (κ2) is 22.9. The zero-order chi connectivity index (χ0) is 48.6. The molecule has 66 heavy (non-hydrogen) atoms. The monoisotopic (exact) mass is 974 g/mol. The van der Waals surface area contributed by atoms with Crippen molar-refractivity contribution < 1.29 is 149 Å². The van der Waals surface area contributed by atoms with E-state index in [2.05, 4.69) is 0 Å². The van der Waals surface area contributed by atoms with Crippen molar-refractivity contribution in [1.29, 1.82) is 0 Å². The highest BCUT2D eigenvalue weighted by Gasteiger charge is 2.58. The fourth-order valence-corrected chi connectivity index (χ4v) is 8.41. The topological polar surface area (TPSA) is 486 Å². The molecule has 0 aliphatic carbocycles. The van der Waals surface area contributed by atoms with E-state index in [-0.39, 0.29) is 0 Å². The molecule has 19 N–H and O–H groups in total. The summed E-state index contributed by atoms with van der Waals surface area (Å²) in [6.07, 6.45) is -58.0. The maximum absolute atomic E-state index is 11.7. The summed E-state index contributed by atoms with van der Waals surface area (Å²) in [6.45, 7) is -3.55. The minimum atomic E-state index is -2.26. The minimum absolute atomic E-state index is 0.836. The predicted molar refractivity (Wildman–Crippen MR) is 198 cm³/mol. The number of rotatable bonds is 15. The molecule has 6 saturated heterocycles. The van der Waals surface area contributed by atoms with Crippen LogP contribution in [-0.2, 0) is 52.1 Å². The summed E-state index contributed by atoms with van der Waals surface area (Å²) < 4.78 is 61.9. The van der Waals surface area contributed by atoms with E-state index in [9.17, 15) is 97.0 Å². The lowest BCUT2D eigenvalue weighted by Crippen LogP contribution is -2.69. The summed E-state index contributed by atoms with van der Waals surface area (Å²) in [6, 6.07) is 0. The molecule has 0 bridgehead atoms. The average molecular weight is 975 g/mol. The molecule has 30 nitrogen and oxygen atoms in total. The number of aliphatic hydroxyl groups is 19. The van der Waals surface area contributed by atoms with Crippen LogP contribution in [0.15, 0.2) is 0 Å². The summed E-state index contributed by atoms with van der Waals surface area (Å²) in [5.41, 5.74) is 0. The Morgan fingerprint density at radius 2 is 0.576 bits per heavy atom. The van der Waals surface area contributed by atoms with Crippen LogP contribution in [0.5, 0.6) is 0 Å². The molecule has 386 valence electrons. The molecule has 6 aliphatic rings. The highest BCUT2D eigenvalue weighted by atomic mass is 16.8. The van der Waals surface area contributed by atoms with Crippen LogP contribution < -0.4 is 0 Å². The molecule has 0 aromatic carbocycles. The van der Waals surface area contributed by atoms with Crippen molar-refractivity contribution in [2.75, 3.05) is 33.0 Å². The Morgan fingerprint density at radius 3 is 1.03 bits per heavy atom. The van der Waals surface area contributed by atoms with E-state index in [0.717, 1.165) is 0 Å². The van der Waals surface area contributed by atoms with Crippen molar-refractivity contribution in [3.63, 3.8) is 0 Å². The van der Waals surface area contributed by atoms with Crippen LogP contribution in [0.3, 0.4) is 0 Å². The van der Waals surface area contributed by atoms with Gasteiger partial charge in [-0.3, -0.25) is 0 Å². The van der Waals surface area contributed by atoms with Gasteiger partial charge < -0.3 is 149 Å². The van der Waals surface area contributed by atoms with Crippen molar-refractivity contribution in [1.82, 2.24) is 0 Å². The van der Waals surface area contributed by atoms with Gasteiger partial charge in [0.1, 0.15) is 140 Å². The standard InChI is InChI=1S/C36H62O30/c1-7-13(42)26(24(53)34(56-7)63-27-16(45)10(4-39)57-31(55)23(27)52)62-35-25(54)28(17(46)11(5-40)60-35)64-36-30(66-33-22(51)20(49)15(44)9(3-38)59-33)29(18(47)12(6-41)61-36)65-32-21(50)19(48)14(43)8(2-37)58-32/h7-55H,2-6H2,1H3. The molecular formula is C36H62O30. The van der Waals surface area contributed by atoms with Crippen LogP contribution in [0.4, 0.5) is 0 Å². The van der Waals surface area contributed by atoms with Crippen LogP contribution in [-0.4, -0.2) is 314 Å². The van der Waals surface area contributed by atoms with Gasteiger partial charge in [0.15, 0.2) is 37.7 Å². The number of hydrogen-bond acceptors (Lipinski definition) is 30. The van der Waals surface area contributed by atoms with Gasteiger partial charge in [0, 0.05) is 0 Å². The van der Waals surface area contributed by atoms with Gasteiger partial charge in [-0.25, -0.2) is 0 Å². The van der Waals surface area contributed by atoms with Gasteiger partial charge in [0.05, 0.1) is 39.1 Å². The minimum Gasteiger partial charge on any atom is -0.394 e. The first kappa shape index (κ1) is 54.1. The highest BCUT2D eigenvalue weighted by Crippen LogP contribution is 2.38. The Morgan fingerprint density at radius 1 is 0.273 bits per heavy atom. The molecule has 0 amide bonds. The summed E-state index contributed by atoms with van der Waals surface area (Å²) >= 11 is 0. The van der Waals surface area contributed by atoms with Gasteiger partial charge in [0.2, 0.25) is 0 Å². The van der Waals surface area contributed by atoms with Crippen molar-refractivity contribution in [3.05, 3.63) is 0 Å². The largest absolute Gasteiger partial charge is 0.394 e. The Hall–Kier alpha value is -1.20. The first-order valence-electron chi connectivity index (χ1n) is 21.0. The lowest BCUT2D eigenvalue weighted by atomic mass is 9.95. The van der Waals surface area contributed by atoms with E-state index in [0.29, 0.717) is 0 Å². The van der Waals surface area contributed by atoms with Crippen LogP contribution in [0, 0.1) is 0 Å². The van der Waals surface area contributed by atoms with E-state index >= 15 is 0 Å². The molecule has 0 spiro atoms. The number of aliphatic hydroxyl groups excluding tert-OH is 19. The van der Waals surface area contributed by atoms with Gasteiger partial charge >= 0.3 is 0 Å². The normalized spacial score (nSPS) is 54.0. The van der Waals surface area contributed by atoms with E-state index in [1.54, 1.807) is 0 Å². The van der Waals surface area contributed by atoms with Gasteiger partial charge in [0.25, 0.3) is 0 Å². The number of hydrogen-bond donors (Lipinski definition) is 19. The molecule has 0 aromatic heterocycles. The van der Waals surface area contributed by atoms with Crippen molar-refractivity contribution in [3.8, 4) is 0 Å². The third-order valence-corrected chi connectivity index (χ3v) is 12.4. The van der Waals surface area contributed by atoms with E-state index in [1.807, 2.05) is 0 Å². The van der Waals surface area contributed by atoms with Gasteiger partial charge in [-0.2, -0.15) is 0 Å². The first-order chi connectivity index (χ1) is 31.2. The Labute approximate surface area is 373 Å². The van der Waals surface area contributed by atoms with Crippen molar-refractivity contribution >= 4 is 0 Å². The molecule has 0 radical (unpaired) electrons. The first-order valence-corrected chi connectivity index (χ1v) is 21.0. The molecule has 0 saturated carbocycles. The number of ether oxygens (including phenoxy) is 11. The van der Waals surface area contributed by atoms with Crippen LogP contribution in [0.25, 0.3) is 0 Å². The Bertz CT molecular complexity index is 1490. The Balaban J connectivity index is 1.29. The smallest absolute Gasteiger partial charge is 0.187 e. The third-order valence-electron chi connectivity index (χ3n) is 12.4. The fourth-order valence-electron chi connectivity index (χ4n) is 8.41. The SMILES string of the molecule is CC1OC(OC2C(O)C(O)OC(CO)C2O)C(O)C(OC2OC(CO)C(O)C(OC3OC(CO)C(O)C(OC4OC(CO)C(O)C(O)C4O)C3OC3OC(CO)C(O)C(O)C3O)C2O)C1O. The van der Waals surface area contributed by atoms with Crippen LogP contribution in [0.2, 0.25) is 0 Å². The molecule has 30 heteroatoms. The molecule has 30 unspecified atom stereocenters. The average Bonchev–Trinajstić information content (AvgIpc) is 3.30. The molecule has 6 aliphatic heterocycles. The fraction of sp³-hybridized carbons (Fsp3) is 1.00.